The largest absolute Gasteiger partial charge is 0.393 e. The van der Waals surface area contributed by atoms with Gasteiger partial charge in [0.15, 0.2) is 9.84 Å². The van der Waals surface area contributed by atoms with E-state index < -0.39 is 20.5 Å². The number of rotatable bonds is 8. The van der Waals surface area contributed by atoms with Gasteiger partial charge in [-0.15, -0.1) is 0 Å². The van der Waals surface area contributed by atoms with Gasteiger partial charge >= 0.3 is 0 Å². The maximum atomic E-state index is 12.6. The molecule has 1 saturated carbocycles. The van der Waals surface area contributed by atoms with Gasteiger partial charge in [0.1, 0.15) is 0 Å². The van der Waals surface area contributed by atoms with Crippen molar-refractivity contribution >= 4 is 27.0 Å². The summed E-state index contributed by atoms with van der Waals surface area (Å²) in [5, 5.41) is -0.587. The average Bonchev–Trinajstić information content (AvgIpc) is 3.24. The van der Waals surface area contributed by atoms with E-state index in [1.165, 1.54) is 5.56 Å². The van der Waals surface area contributed by atoms with Crippen LogP contribution in [0, 0.1) is 5.41 Å². The molecule has 1 fully saturated rings. The molecule has 0 spiro atoms. The van der Waals surface area contributed by atoms with Crippen molar-refractivity contribution in [3.8, 4) is 0 Å². The van der Waals surface area contributed by atoms with Crippen LogP contribution in [0.25, 0.3) is 0 Å². The average molecular weight is 356 g/mol. The number of aryl methyl sites for hydroxylation is 1. The monoisotopic (exact) mass is 355 g/mol. The van der Waals surface area contributed by atoms with E-state index in [0.717, 1.165) is 12.0 Å². The summed E-state index contributed by atoms with van der Waals surface area (Å²) in [4.78, 5) is 0.234. The first-order valence-electron chi connectivity index (χ1n) is 8.03. The highest BCUT2D eigenvalue weighted by Gasteiger charge is 2.72. The number of benzene rings is 1. The van der Waals surface area contributed by atoms with Crippen molar-refractivity contribution in [3.05, 3.63) is 35.4 Å². The standard InChI is InChI=1S/C17H25NO3S2/c1-4-12-7-9-13(10-8-12)14-15(23(19,20)6-3)17(14,16(18)22)11-21-5-2/h7-10,14-15H,4-6,11H2,1-3H3,(H2,18,22)/t14-,15+,17-/m0/s1. The SMILES string of the molecule is CCOC[C@@]1(C(N)=S)[C@H](S(=O)(=O)CC)[C@@H]1c1ccc(CC)cc1. The minimum Gasteiger partial charge on any atom is -0.393 e. The molecule has 0 saturated heterocycles. The Hall–Kier alpha value is -0.980. The van der Waals surface area contributed by atoms with E-state index in [9.17, 15) is 8.42 Å². The lowest BCUT2D eigenvalue weighted by molar-refractivity contribution is 0.121. The third kappa shape index (κ3) is 3.16. The Morgan fingerprint density at radius 3 is 2.30 bits per heavy atom. The molecule has 1 aliphatic carbocycles. The molecule has 3 atom stereocenters. The number of sulfone groups is 1. The van der Waals surface area contributed by atoms with Crippen molar-refractivity contribution in [2.24, 2.45) is 11.1 Å². The highest BCUT2D eigenvalue weighted by Crippen LogP contribution is 2.63. The van der Waals surface area contributed by atoms with E-state index in [1.54, 1.807) is 6.92 Å². The lowest BCUT2D eigenvalue weighted by atomic mass is 9.98. The summed E-state index contributed by atoms with van der Waals surface area (Å²) in [6.45, 7) is 6.39. The normalized spacial score (nSPS) is 26.9. The molecule has 0 aliphatic heterocycles. The molecule has 0 radical (unpaired) electrons. The lowest BCUT2D eigenvalue weighted by Gasteiger charge is -2.16. The second kappa shape index (κ2) is 6.87. The smallest absolute Gasteiger partial charge is 0.154 e. The second-order valence-electron chi connectivity index (χ2n) is 5.99. The van der Waals surface area contributed by atoms with Gasteiger partial charge in [0.25, 0.3) is 0 Å². The second-order valence-corrected chi connectivity index (χ2v) is 8.84. The van der Waals surface area contributed by atoms with Gasteiger partial charge in [0, 0.05) is 18.3 Å². The van der Waals surface area contributed by atoms with E-state index in [2.05, 4.69) is 6.92 Å². The van der Waals surface area contributed by atoms with Crippen LogP contribution in [0.5, 0.6) is 0 Å². The molecular weight excluding hydrogens is 330 g/mol. The van der Waals surface area contributed by atoms with Crippen LogP contribution >= 0.6 is 12.2 Å². The molecule has 0 heterocycles. The Morgan fingerprint density at radius 2 is 1.87 bits per heavy atom. The van der Waals surface area contributed by atoms with E-state index in [-0.39, 0.29) is 23.3 Å². The summed E-state index contributed by atoms with van der Waals surface area (Å²) in [6.07, 6.45) is 0.945. The van der Waals surface area contributed by atoms with Crippen LogP contribution in [0.4, 0.5) is 0 Å². The van der Waals surface area contributed by atoms with Gasteiger partial charge in [-0.25, -0.2) is 8.42 Å². The molecule has 2 N–H and O–H groups in total. The topological polar surface area (TPSA) is 69.4 Å². The molecule has 6 heteroatoms. The highest BCUT2D eigenvalue weighted by atomic mass is 32.2. The van der Waals surface area contributed by atoms with Crippen LogP contribution in [0.3, 0.4) is 0 Å². The van der Waals surface area contributed by atoms with Crippen LogP contribution in [0.1, 0.15) is 37.8 Å². The minimum atomic E-state index is -3.27. The fourth-order valence-corrected chi connectivity index (χ4v) is 5.82. The fourth-order valence-electron chi connectivity index (χ4n) is 3.35. The molecule has 0 amide bonds. The minimum absolute atomic E-state index is 0.0811. The molecule has 4 nitrogen and oxygen atoms in total. The van der Waals surface area contributed by atoms with Gasteiger partial charge in [-0.2, -0.15) is 0 Å². The summed E-state index contributed by atoms with van der Waals surface area (Å²) in [7, 11) is -3.27. The maximum absolute atomic E-state index is 12.6. The van der Waals surface area contributed by atoms with Crippen LogP contribution < -0.4 is 5.73 Å². The summed E-state index contributed by atoms with van der Waals surface area (Å²) >= 11 is 5.26. The predicted molar refractivity (Wildman–Crippen MR) is 97.5 cm³/mol. The first-order valence-corrected chi connectivity index (χ1v) is 10.2. The van der Waals surface area contributed by atoms with Crippen LogP contribution in [0.2, 0.25) is 0 Å². The molecule has 23 heavy (non-hydrogen) atoms. The molecule has 2 rings (SSSR count). The highest BCUT2D eigenvalue weighted by molar-refractivity contribution is 7.92. The van der Waals surface area contributed by atoms with E-state index >= 15 is 0 Å². The van der Waals surface area contributed by atoms with Gasteiger partial charge in [0.05, 0.1) is 22.3 Å². The predicted octanol–water partition coefficient (Wildman–Crippen LogP) is 2.46. The van der Waals surface area contributed by atoms with Crippen molar-refractivity contribution in [2.75, 3.05) is 19.0 Å². The van der Waals surface area contributed by atoms with Crippen molar-refractivity contribution in [1.29, 1.82) is 0 Å². The maximum Gasteiger partial charge on any atom is 0.154 e. The van der Waals surface area contributed by atoms with Crippen molar-refractivity contribution in [1.82, 2.24) is 0 Å². The van der Waals surface area contributed by atoms with Gasteiger partial charge < -0.3 is 10.5 Å². The van der Waals surface area contributed by atoms with Crippen LogP contribution in [0.15, 0.2) is 24.3 Å². The Labute approximate surface area is 144 Å². The first kappa shape index (κ1) is 18.4. The van der Waals surface area contributed by atoms with Crippen molar-refractivity contribution < 1.29 is 13.2 Å². The summed E-state index contributed by atoms with van der Waals surface area (Å²) in [5.41, 5.74) is 7.39. The van der Waals surface area contributed by atoms with E-state index in [4.69, 9.17) is 22.7 Å². The first-order chi connectivity index (χ1) is 10.8. The molecule has 1 aliphatic rings. The molecule has 0 bridgehead atoms. The zero-order valence-corrected chi connectivity index (χ0v) is 15.5. The van der Waals surface area contributed by atoms with Gasteiger partial charge in [-0.1, -0.05) is 50.3 Å². The number of hydrogen-bond donors (Lipinski definition) is 1. The Balaban J connectivity index is 2.46. The van der Waals surface area contributed by atoms with Crippen molar-refractivity contribution in [3.63, 3.8) is 0 Å². The molecule has 1 aromatic rings. The zero-order valence-electron chi connectivity index (χ0n) is 13.9. The van der Waals surface area contributed by atoms with E-state index in [0.29, 0.717) is 6.61 Å². The molecule has 0 unspecified atom stereocenters. The number of thiocarbonyl (C=S) groups is 1. The zero-order chi connectivity index (χ0) is 17.3. The molecule has 0 aromatic heterocycles. The quantitative estimate of drug-likeness (QED) is 0.726. The summed E-state index contributed by atoms with van der Waals surface area (Å²) in [5.74, 6) is -0.139. The summed E-state index contributed by atoms with van der Waals surface area (Å²) in [6, 6.07) is 8.06. The van der Waals surface area contributed by atoms with Crippen LogP contribution in [-0.2, 0) is 21.0 Å². The third-order valence-electron chi connectivity index (χ3n) is 4.80. The molecule has 128 valence electrons. The number of nitrogens with two attached hydrogens (primary N) is 1. The van der Waals surface area contributed by atoms with E-state index in [1.807, 2.05) is 31.2 Å². The third-order valence-corrected chi connectivity index (χ3v) is 7.45. The lowest BCUT2D eigenvalue weighted by Crippen LogP contribution is -2.34. The van der Waals surface area contributed by atoms with Gasteiger partial charge in [0.2, 0.25) is 0 Å². The Bertz CT molecular complexity index is 670. The fraction of sp³-hybridized carbons (Fsp3) is 0.588. The Kier molecular flexibility index (Phi) is 5.48. The number of ether oxygens (including phenoxy) is 1. The number of hydrogen-bond acceptors (Lipinski definition) is 4. The van der Waals surface area contributed by atoms with Crippen molar-refractivity contribution in [2.45, 2.75) is 38.4 Å². The van der Waals surface area contributed by atoms with Gasteiger partial charge in [-0.3, -0.25) is 0 Å². The van der Waals surface area contributed by atoms with Crippen LogP contribution in [-0.4, -0.2) is 37.6 Å². The van der Waals surface area contributed by atoms with Gasteiger partial charge in [-0.05, 0) is 24.5 Å². The summed E-state index contributed by atoms with van der Waals surface area (Å²) < 4.78 is 30.7. The molecule has 1 aromatic carbocycles. The Morgan fingerprint density at radius 1 is 1.26 bits per heavy atom. The molecular formula is C17H25NO3S2.